The minimum Gasteiger partial charge on any atom is -0.325 e. The van der Waals surface area contributed by atoms with Crippen LogP contribution in [0.25, 0.3) is 0 Å². The molecule has 0 radical (unpaired) electrons. The van der Waals surface area contributed by atoms with E-state index in [2.05, 4.69) is 15.9 Å². The quantitative estimate of drug-likeness (QED) is 0.547. The fourth-order valence-electron chi connectivity index (χ4n) is 2.70. The highest BCUT2D eigenvalue weighted by atomic mass is 19.4. The summed E-state index contributed by atoms with van der Waals surface area (Å²) in [5.41, 5.74) is 6.02. The molecule has 1 heterocycles. The summed E-state index contributed by atoms with van der Waals surface area (Å²) in [5.74, 6) is 0.0287. The number of nitrogens with one attached hydrogen (secondary N) is 2. The summed E-state index contributed by atoms with van der Waals surface area (Å²) in [6, 6.07) is 13.0. The van der Waals surface area contributed by atoms with Gasteiger partial charge >= 0.3 is 18.1 Å². The molecule has 1 atom stereocenters. The van der Waals surface area contributed by atoms with Crippen molar-refractivity contribution in [3.63, 3.8) is 0 Å². The molecule has 152 valence electrons. The van der Waals surface area contributed by atoms with E-state index in [-0.39, 0.29) is 17.6 Å². The molecule has 1 aromatic heterocycles. The maximum atomic E-state index is 12.8. The van der Waals surface area contributed by atoms with Gasteiger partial charge in [-0.2, -0.15) is 13.2 Å². The minimum absolute atomic E-state index is 0.00590. The molecule has 3 rings (SSSR count). The first-order valence-corrected chi connectivity index (χ1v) is 8.72. The van der Waals surface area contributed by atoms with Crippen LogP contribution in [0.2, 0.25) is 0 Å². The zero-order chi connectivity index (χ0) is 20.9. The summed E-state index contributed by atoms with van der Waals surface area (Å²) >= 11 is 0. The van der Waals surface area contributed by atoms with Crippen molar-refractivity contribution in [1.29, 1.82) is 0 Å². The number of benzene rings is 2. The van der Waals surface area contributed by atoms with Gasteiger partial charge in [0.05, 0.1) is 12.1 Å². The van der Waals surface area contributed by atoms with E-state index >= 15 is 0 Å². The van der Waals surface area contributed by atoms with E-state index in [4.69, 9.17) is 10.3 Å². The van der Waals surface area contributed by atoms with Crippen LogP contribution in [-0.4, -0.2) is 17.8 Å². The Morgan fingerprint density at radius 2 is 1.90 bits per heavy atom. The largest absolute Gasteiger partial charge is 0.416 e. The number of alkyl halides is 3. The van der Waals surface area contributed by atoms with Crippen molar-refractivity contribution >= 4 is 17.6 Å². The van der Waals surface area contributed by atoms with Crippen molar-refractivity contribution in [3.05, 3.63) is 71.9 Å². The summed E-state index contributed by atoms with van der Waals surface area (Å²) in [5, 5.41) is 8.57. The molecule has 7 nitrogen and oxygen atoms in total. The molecule has 4 N–H and O–H groups in total. The summed E-state index contributed by atoms with van der Waals surface area (Å²) in [4.78, 5) is 12.1. The fraction of sp³-hybridized carbons (Fsp3) is 0.211. The number of amides is 2. The monoisotopic (exact) mass is 406 g/mol. The smallest absolute Gasteiger partial charge is 0.325 e. The second-order valence-corrected chi connectivity index (χ2v) is 6.28. The average molecular weight is 406 g/mol. The second kappa shape index (κ2) is 8.74. The Bertz CT molecular complexity index is 960. The third-order valence-corrected chi connectivity index (χ3v) is 4.13. The minimum atomic E-state index is -4.50. The van der Waals surface area contributed by atoms with Gasteiger partial charge in [-0.05, 0) is 28.4 Å². The molecular formula is C19H19F3N5O2+. The van der Waals surface area contributed by atoms with Crippen molar-refractivity contribution < 1.29 is 27.2 Å². The number of nitrogens with two attached hydrogens (primary N) is 1. The standard InChI is InChI=1S/C19H18F3N5O2/c20-19(21,22)14-7-4-8-15(10-14)24-18(28)25-17-12-27(26-29-17)16(11-23)9-13-5-2-1-3-6-13/h1-8,10,12,16H,9,11,23H2,(H-,24,25,26,28)/p+1. The van der Waals surface area contributed by atoms with Crippen LogP contribution >= 0.6 is 0 Å². The molecule has 0 aliphatic rings. The molecule has 3 aromatic rings. The normalized spacial score (nSPS) is 12.4. The van der Waals surface area contributed by atoms with Crippen LogP contribution in [0.4, 0.5) is 29.5 Å². The first kappa shape index (κ1) is 20.3. The van der Waals surface area contributed by atoms with Crippen LogP contribution in [0.3, 0.4) is 0 Å². The SMILES string of the molecule is NCC(Cc1ccccc1)[n+]1cc(NC(=O)Nc2cccc(C(F)(F)F)c2)on1. The Kier molecular flexibility index (Phi) is 6.13. The maximum Gasteiger partial charge on any atom is 0.416 e. The van der Waals surface area contributed by atoms with Crippen molar-refractivity contribution in [1.82, 2.24) is 5.27 Å². The first-order chi connectivity index (χ1) is 13.8. The molecule has 0 bridgehead atoms. The average Bonchev–Trinajstić information content (AvgIpc) is 3.14. The Hall–Kier alpha value is -3.40. The van der Waals surface area contributed by atoms with Gasteiger partial charge in [0.25, 0.3) is 6.20 Å². The van der Waals surface area contributed by atoms with Gasteiger partial charge in [-0.1, -0.05) is 36.4 Å². The molecule has 0 aliphatic carbocycles. The first-order valence-electron chi connectivity index (χ1n) is 8.72. The van der Waals surface area contributed by atoms with E-state index in [1.165, 1.54) is 23.0 Å². The fourth-order valence-corrected chi connectivity index (χ4v) is 2.70. The number of halogens is 3. The van der Waals surface area contributed by atoms with Crippen molar-refractivity contribution in [2.24, 2.45) is 5.73 Å². The lowest BCUT2D eigenvalue weighted by Gasteiger charge is -2.09. The zero-order valence-corrected chi connectivity index (χ0v) is 15.2. The Morgan fingerprint density at radius 3 is 2.59 bits per heavy atom. The van der Waals surface area contributed by atoms with Crippen LogP contribution in [0, 0.1) is 0 Å². The Morgan fingerprint density at radius 1 is 1.14 bits per heavy atom. The number of urea groups is 1. The van der Waals surface area contributed by atoms with Gasteiger partial charge in [0.1, 0.15) is 0 Å². The lowest BCUT2D eigenvalue weighted by atomic mass is 10.1. The Labute approximate surface area is 164 Å². The topological polar surface area (TPSA) is 97.1 Å². The van der Waals surface area contributed by atoms with E-state index in [9.17, 15) is 18.0 Å². The predicted molar refractivity (Wildman–Crippen MR) is 99.0 cm³/mol. The number of hydrogen-bond donors (Lipinski definition) is 3. The van der Waals surface area contributed by atoms with Gasteiger partial charge in [0.2, 0.25) is 11.3 Å². The summed E-state index contributed by atoms with van der Waals surface area (Å²) in [7, 11) is 0. The molecule has 29 heavy (non-hydrogen) atoms. The number of rotatable bonds is 6. The third-order valence-electron chi connectivity index (χ3n) is 4.13. The van der Waals surface area contributed by atoms with Gasteiger partial charge in [-0.25, -0.2) is 4.79 Å². The number of carbonyl (C=O) groups excluding carboxylic acids is 1. The Balaban J connectivity index is 1.63. The highest BCUT2D eigenvalue weighted by molar-refractivity contribution is 5.98. The molecule has 0 saturated heterocycles. The van der Waals surface area contributed by atoms with Gasteiger partial charge in [-0.3, -0.25) is 9.84 Å². The highest BCUT2D eigenvalue weighted by Crippen LogP contribution is 2.30. The van der Waals surface area contributed by atoms with Crippen molar-refractivity contribution in [3.8, 4) is 0 Å². The van der Waals surface area contributed by atoms with Gasteiger partial charge < -0.3 is 11.1 Å². The van der Waals surface area contributed by atoms with Gasteiger partial charge in [0, 0.05) is 12.1 Å². The van der Waals surface area contributed by atoms with Crippen molar-refractivity contribution in [2.45, 2.75) is 18.6 Å². The van der Waals surface area contributed by atoms with Crippen LogP contribution < -0.4 is 21.0 Å². The predicted octanol–water partition coefficient (Wildman–Crippen LogP) is 3.37. The molecule has 0 saturated carbocycles. The lowest BCUT2D eigenvalue weighted by molar-refractivity contribution is -0.782. The maximum absolute atomic E-state index is 12.8. The molecule has 2 aromatic carbocycles. The van der Waals surface area contributed by atoms with Gasteiger partial charge in [0.15, 0.2) is 0 Å². The molecule has 2 amide bonds. The summed E-state index contributed by atoms with van der Waals surface area (Å²) in [6.45, 7) is 0.294. The lowest BCUT2D eigenvalue weighted by Crippen LogP contribution is -2.45. The summed E-state index contributed by atoms with van der Waals surface area (Å²) < 4.78 is 44.8. The molecular weight excluding hydrogens is 387 g/mol. The van der Waals surface area contributed by atoms with E-state index in [1.54, 1.807) is 0 Å². The van der Waals surface area contributed by atoms with E-state index in [0.29, 0.717) is 13.0 Å². The molecule has 0 spiro atoms. The molecule has 0 aliphatic heterocycles. The molecule has 1 unspecified atom stereocenters. The van der Waals surface area contributed by atoms with E-state index < -0.39 is 17.8 Å². The molecule has 10 heteroatoms. The van der Waals surface area contributed by atoms with Gasteiger partial charge in [-0.15, -0.1) is 0 Å². The third kappa shape index (κ3) is 5.55. The second-order valence-electron chi connectivity index (χ2n) is 6.28. The van der Waals surface area contributed by atoms with E-state index in [0.717, 1.165) is 17.7 Å². The number of carbonyl (C=O) groups is 1. The zero-order valence-electron chi connectivity index (χ0n) is 15.2. The highest BCUT2D eigenvalue weighted by Gasteiger charge is 2.30. The molecule has 0 fully saturated rings. The summed E-state index contributed by atoms with van der Waals surface area (Å²) in [6.07, 6.45) is -2.42. The van der Waals surface area contributed by atoms with Crippen LogP contribution in [-0.2, 0) is 12.6 Å². The van der Waals surface area contributed by atoms with E-state index in [1.807, 2.05) is 30.3 Å². The number of anilines is 2. The van der Waals surface area contributed by atoms with Crippen LogP contribution in [0.15, 0.2) is 65.3 Å². The van der Waals surface area contributed by atoms with Crippen molar-refractivity contribution in [2.75, 3.05) is 17.2 Å². The van der Waals surface area contributed by atoms with Crippen LogP contribution in [0.1, 0.15) is 17.2 Å². The van der Waals surface area contributed by atoms with Crippen LogP contribution in [0.5, 0.6) is 0 Å². The number of aromatic nitrogens is 2. The number of hydrogen-bond acceptors (Lipinski definition) is 4. The number of nitrogens with zero attached hydrogens (tertiary/aromatic N) is 2.